The summed E-state index contributed by atoms with van der Waals surface area (Å²) in [5, 5.41) is 3.22. The van der Waals surface area contributed by atoms with E-state index in [1.54, 1.807) is 0 Å². The summed E-state index contributed by atoms with van der Waals surface area (Å²) in [6.07, 6.45) is 5.87. The van der Waals surface area contributed by atoms with E-state index in [0.29, 0.717) is 12.3 Å². The molecule has 108 valence electrons. The second-order valence-corrected chi connectivity index (χ2v) is 6.41. The minimum absolute atomic E-state index is 0.0791. The molecule has 1 aliphatic carbocycles. The van der Waals surface area contributed by atoms with Crippen LogP contribution in [0, 0.1) is 5.92 Å². The van der Waals surface area contributed by atoms with Crippen LogP contribution in [0.4, 0.5) is 0 Å². The topological polar surface area (TPSA) is 29.1 Å². The Labute approximate surface area is 122 Å². The van der Waals surface area contributed by atoms with E-state index in [4.69, 9.17) is 0 Å². The first-order chi connectivity index (χ1) is 9.48. The first-order valence-electron chi connectivity index (χ1n) is 7.52. The maximum Gasteiger partial charge on any atom is 0.224 e. The van der Waals surface area contributed by atoms with Crippen molar-refractivity contribution in [3.63, 3.8) is 0 Å². The van der Waals surface area contributed by atoms with Gasteiger partial charge in [-0.25, -0.2) is 0 Å². The quantitative estimate of drug-likeness (QED) is 0.828. The molecule has 2 rings (SSSR count). The van der Waals surface area contributed by atoms with Crippen LogP contribution in [0.3, 0.4) is 0 Å². The zero-order valence-electron chi connectivity index (χ0n) is 12.8. The highest BCUT2D eigenvalue weighted by Crippen LogP contribution is 2.30. The lowest BCUT2D eigenvalue weighted by Crippen LogP contribution is -2.47. The summed E-state index contributed by atoms with van der Waals surface area (Å²) in [4.78, 5) is 12.2. The molecule has 1 aromatic rings. The van der Waals surface area contributed by atoms with Gasteiger partial charge in [-0.1, -0.05) is 55.8 Å². The fourth-order valence-electron chi connectivity index (χ4n) is 2.78. The molecular weight excluding hydrogens is 246 g/mol. The third kappa shape index (κ3) is 3.96. The highest BCUT2D eigenvalue weighted by atomic mass is 16.1. The highest BCUT2D eigenvalue weighted by Gasteiger charge is 2.28. The van der Waals surface area contributed by atoms with Gasteiger partial charge >= 0.3 is 0 Å². The van der Waals surface area contributed by atoms with Gasteiger partial charge in [-0.2, -0.15) is 0 Å². The van der Waals surface area contributed by atoms with Crippen molar-refractivity contribution in [1.29, 1.82) is 0 Å². The van der Waals surface area contributed by atoms with Gasteiger partial charge in [0, 0.05) is 5.54 Å². The van der Waals surface area contributed by atoms with Crippen molar-refractivity contribution in [2.75, 3.05) is 0 Å². The molecule has 0 radical (unpaired) electrons. The van der Waals surface area contributed by atoms with E-state index in [2.05, 4.69) is 32.2 Å². The molecular formula is C18H25NO. The summed E-state index contributed by atoms with van der Waals surface area (Å²) in [7, 11) is 0. The molecule has 0 fully saturated rings. The monoisotopic (exact) mass is 271 g/mol. The Kier molecular flexibility index (Phi) is 4.64. The third-order valence-electron chi connectivity index (χ3n) is 4.17. The molecule has 2 nitrogen and oxygen atoms in total. The van der Waals surface area contributed by atoms with E-state index >= 15 is 0 Å². The normalized spacial score (nSPS) is 22.5. The second kappa shape index (κ2) is 6.25. The Morgan fingerprint density at radius 2 is 2.00 bits per heavy atom. The fraction of sp³-hybridized carbons (Fsp3) is 0.500. The zero-order chi connectivity index (χ0) is 14.6. The van der Waals surface area contributed by atoms with Gasteiger partial charge in [0.05, 0.1) is 6.42 Å². The Hall–Kier alpha value is -1.57. The van der Waals surface area contributed by atoms with Crippen molar-refractivity contribution in [1.82, 2.24) is 5.32 Å². The standard InChI is InChI=1S/C18H25NO/c1-14(2)16-9-11-18(3,12-10-16)19-17(20)13-15-7-5-4-6-8-15/h4-9,14H,10-13H2,1-3H3,(H,19,20). The lowest BCUT2D eigenvalue weighted by atomic mass is 9.80. The van der Waals surface area contributed by atoms with Gasteiger partial charge in [0.15, 0.2) is 0 Å². The maximum absolute atomic E-state index is 12.2. The van der Waals surface area contributed by atoms with E-state index in [0.717, 1.165) is 24.8 Å². The molecule has 0 aromatic heterocycles. The van der Waals surface area contributed by atoms with Gasteiger partial charge in [-0.05, 0) is 37.7 Å². The van der Waals surface area contributed by atoms with Crippen LogP contribution in [-0.4, -0.2) is 11.4 Å². The molecule has 20 heavy (non-hydrogen) atoms. The highest BCUT2D eigenvalue weighted by molar-refractivity contribution is 5.79. The molecule has 0 spiro atoms. The lowest BCUT2D eigenvalue weighted by Gasteiger charge is -2.35. The maximum atomic E-state index is 12.2. The number of nitrogens with one attached hydrogen (secondary N) is 1. The van der Waals surface area contributed by atoms with E-state index in [1.165, 1.54) is 5.57 Å². The molecule has 0 aliphatic heterocycles. The number of benzene rings is 1. The Morgan fingerprint density at radius 3 is 2.55 bits per heavy atom. The van der Waals surface area contributed by atoms with Crippen molar-refractivity contribution in [2.45, 2.75) is 52.0 Å². The number of amides is 1. The molecule has 0 saturated heterocycles. The minimum atomic E-state index is -0.0791. The van der Waals surface area contributed by atoms with Crippen LogP contribution in [0.25, 0.3) is 0 Å². The van der Waals surface area contributed by atoms with Crippen LogP contribution in [0.2, 0.25) is 0 Å². The molecule has 1 amide bonds. The predicted molar refractivity (Wildman–Crippen MR) is 83.5 cm³/mol. The van der Waals surface area contributed by atoms with E-state index in [1.807, 2.05) is 30.3 Å². The third-order valence-corrected chi connectivity index (χ3v) is 4.17. The summed E-state index contributed by atoms with van der Waals surface area (Å²) in [5.74, 6) is 0.750. The molecule has 0 saturated carbocycles. The molecule has 0 bridgehead atoms. The van der Waals surface area contributed by atoms with Crippen LogP contribution >= 0.6 is 0 Å². The van der Waals surface area contributed by atoms with E-state index in [-0.39, 0.29) is 11.4 Å². The first kappa shape index (κ1) is 14.8. The molecule has 2 heteroatoms. The van der Waals surface area contributed by atoms with Gasteiger partial charge in [0.25, 0.3) is 0 Å². The SMILES string of the molecule is CC(C)C1=CCC(C)(NC(=O)Cc2ccccc2)CC1. The summed E-state index contributed by atoms with van der Waals surface area (Å²) in [6.45, 7) is 6.63. The number of allylic oxidation sites excluding steroid dienone is 1. The van der Waals surface area contributed by atoms with Crippen molar-refractivity contribution in [3.8, 4) is 0 Å². The van der Waals surface area contributed by atoms with Crippen LogP contribution in [0.15, 0.2) is 42.0 Å². The summed E-state index contributed by atoms with van der Waals surface area (Å²) in [5.41, 5.74) is 2.52. The number of carbonyl (C=O) groups excluding carboxylic acids is 1. The molecule has 1 aromatic carbocycles. The largest absolute Gasteiger partial charge is 0.350 e. The number of carbonyl (C=O) groups is 1. The molecule has 1 N–H and O–H groups in total. The second-order valence-electron chi connectivity index (χ2n) is 6.41. The van der Waals surface area contributed by atoms with Crippen LogP contribution < -0.4 is 5.32 Å². The summed E-state index contributed by atoms with van der Waals surface area (Å²) in [6, 6.07) is 9.92. The van der Waals surface area contributed by atoms with E-state index in [9.17, 15) is 4.79 Å². The Bertz CT molecular complexity index is 489. The van der Waals surface area contributed by atoms with Crippen LogP contribution in [-0.2, 0) is 11.2 Å². The number of rotatable bonds is 4. The van der Waals surface area contributed by atoms with Gasteiger partial charge in [-0.15, -0.1) is 0 Å². The molecule has 0 heterocycles. The van der Waals surface area contributed by atoms with Crippen molar-refractivity contribution in [2.24, 2.45) is 5.92 Å². The van der Waals surface area contributed by atoms with Crippen molar-refractivity contribution in [3.05, 3.63) is 47.5 Å². The predicted octanol–water partition coefficient (Wildman–Crippen LogP) is 3.87. The van der Waals surface area contributed by atoms with E-state index < -0.39 is 0 Å². The van der Waals surface area contributed by atoms with Crippen LogP contribution in [0.5, 0.6) is 0 Å². The molecule has 1 unspecified atom stereocenters. The summed E-state index contributed by atoms with van der Waals surface area (Å²) >= 11 is 0. The van der Waals surface area contributed by atoms with Crippen molar-refractivity contribution >= 4 is 5.91 Å². The molecule has 1 atom stereocenters. The van der Waals surface area contributed by atoms with Gasteiger partial charge in [0.2, 0.25) is 5.91 Å². The average Bonchev–Trinajstić information content (AvgIpc) is 2.39. The number of hydrogen-bond donors (Lipinski definition) is 1. The van der Waals surface area contributed by atoms with Crippen molar-refractivity contribution < 1.29 is 4.79 Å². The average molecular weight is 271 g/mol. The number of hydrogen-bond acceptors (Lipinski definition) is 1. The fourth-order valence-corrected chi connectivity index (χ4v) is 2.78. The first-order valence-corrected chi connectivity index (χ1v) is 7.52. The molecule has 1 aliphatic rings. The Balaban J connectivity index is 1.91. The van der Waals surface area contributed by atoms with Crippen LogP contribution in [0.1, 0.15) is 45.6 Å². The van der Waals surface area contributed by atoms with Gasteiger partial charge in [0.1, 0.15) is 0 Å². The smallest absolute Gasteiger partial charge is 0.224 e. The zero-order valence-corrected chi connectivity index (χ0v) is 12.8. The lowest BCUT2D eigenvalue weighted by molar-refractivity contribution is -0.122. The van der Waals surface area contributed by atoms with Gasteiger partial charge < -0.3 is 5.32 Å². The minimum Gasteiger partial charge on any atom is -0.350 e. The summed E-state index contributed by atoms with van der Waals surface area (Å²) < 4.78 is 0. The Morgan fingerprint density at radius 1 is 1.30 bits per heavy atom. The van der Waals surface area contributed by atoms with Gasteiger partial charge in [-0.3, -0.25) is 4.79 Å².